The zero-order valence-corrected chi connectivity index (χ0v) is 9.55. The van der Waals surface area contributed by atoms with Gasteiger partial charge in [-0.15, -0.1) is 6.42 Å². The largest absolute Gasteiger partial charge is 0.303 e. The summed E-state index contributed by atoms with van der Waals surface area (Å²) < 4.78 is 0. The fourth-order valence-corrected chi connectivity index (χ4v) is 2.58. The molecule has 0 aromatic rings. The van der Waals surface area contributed by atoms with Crippen LogP contribution in [0.5, 0.6) is 0 Å². The van der Waals surface area contributed by atoms with Crippen molar-refractivity contribution in [2.45, 2.75) is 52.0 Å². The summed E-state index contributed by atoms with van der Waals surface area (Å²) in [5.74, 6) is 4.29. The van der Waals surface area contributed by atoms with Crippen LogP contribution in [0.25, 0.3) is 0 Å². The van der Waals surface area contributed by atoms with Gasteiger partial charge in [0.05, 0.1) is 6.54 Å². The molecule has 1 N–H and O–H groups in total. The van der Waals surface area contributed by atoms with E-state index < -0.39 is 0 Å². The number of terminal acetylenes is 1. The van der Waals surface area contributed by atoms with Crippen LogP contribution in [0.4, 0.5) is 0 Å². The van der Waals surface area contributed by atoms with Gasteiger partial charge in [0.2, 0.25) is 0 Å². The summed E-state index contributed by atoms with van der Waals surface area (Å²) >= 11 is 0. The van der Waals surface area contributed by atoms with Gasteiger partial charge in [0.1, 0.15) is 0 Å². The number of nitrogens with one attached hydrogen (secondary N) is 1. The smallest absolute Gasteiger partial charge is 0.0576 e. The highest BCUT2D eigenvalue weighted by atomic mass is 14.9. The summed E-state index contributed by atoms with van der Waals surface area (Å²) in [5.41, 5.74) is 0. The Morgan fingerprint density at radius 3 is 2.64 bits per heavy atom. The molecule has 1 nitrogen and oxygen atoms in total. The highest BCUT2D eigenvalue weighted by Gasteiger charge is 2.25. The van der Waals surface area contributed by atoms with Crippen molar-refractivity contribution in [2.75, 3.05) is 6.54 Å². The Bertz CT molecular complexity index is 190. The Balaban J connectivity index is 2.51. The van der Waals surface area contributed by atoms with Crippen LogP contribution in [0.2, 0.25) is 0 Å². The van der Waals surface area contributed by atoms with Gasteiger partial charge in [0, 0.05) is 6.04 Å². The van der Waals surface area contributed by atoms with Crippen molar-refractivity contribution in [1.29, 1.82) is 0 Å². The lowest BCUT2D eigenvalue weighted by molar-refractivity contribution is 0.267. The average Bonchev–Trinajstić information content (AvgIpc) is 2.39. The molecule has 1 aliphatic rings. The van der Waals surface area contributed by atoms with Crippen LogP contribution in [-0.2, 0) is 0 Å². The Morgan fingerprint density at radius 1 is 1.29 bits per heavy atom. The maximum Gasteiger partial charge on any atom is 0.0576 e. The van der Waals surface area contributed by atoms with Gasteiger partial charge in [-0.2, -0.15) is 0 Å². The second-order valence-electron chi connectivity index (χ2n) is 4.74. The van der Waals surface area contributed by atoms with E-state index in [9.17, 15) is 0 Å². The third-order valence-corrected chi connectivity index (χ3v) is 3.39. The molecule has 0 aromatic carbocycles. The van der Waals surface area contributed by atoms with E-state index in [0.29, 0.717) is 6.04 Å². The van der Waals surface area contributed by atoms with Gasteiger partial charge in [-0.25, -0.2) is 0 Å². The van der Waals surface area contributed by atoms with Crippen LogP contribution < -0.4 is 5.32 Å². The molecular formula is C13H23N. The van der Waals surface area contributed by atoms with Crippen molar-refractivity contribution in [1.82, 2.24) is 5.32 Å². The van der Waals surface area contributed by atoms with Crippen LogP contribution in [0, 0.1) is 24.2 Å². The normalized spacial score (nSPS) is 28.4. The molecule has 14 heavy (non-hydrogen) atoms. The molecule has 1 fully saturated rings. The van der Waals surface area contributed by atoms with E-state index >= 15 is 0 Å². The van der Waals surface area contributed by atoms with Crippen molar-refractivity contribution in [2.24, 2.45) is 11.8 Å². The maximum absolute atomic E-state index is 5.29. The van der Waals surface area contributed by atoms with Crippen LogP contribution in [0.3, 0.4) is 0 Å². The predicted molar refractivity (Wildman–Crippen MR) is 62.0 cm³/mol. The first-order valence-corrected chi connectivity index (χ1v) is 5.92. The fraction of sp³-hybridized carbons (Fsp3) is 0.846. The first kappa shape index (κ1) is 11.6. The van der Waals surface area contributed by atoms with Gasteiger partial charge in [-0.3, -0.25) is 0 Å². The van der Waals surface area contributed by atoms with Crippen LogP contribution >= 0.6 is 0 Å². The first-order chi connectivity index (χ1) is 6.75. The highest BCUT2D eigenvalue weighted by molar-refractivity contribution is 4.90. The average molecular weight is 193 g/mol. The van der Waals surface area contributed by atoms with E-state index in [1.165, 1.54) is 32.1 Å². The van der Waals surface area contributed by atoms with Gasteiger partial charge in [-0.1, -0.05) is 39.0 Å². The molecule has 2 atom stereocenters. The highest BCUT2D eigenvalue weighted by Crippen LogP contribution is 2.28. The Labute approximate surface area is 88.7 Å². The summed E-state index contributed by atoms with van der Waals surface area (Å²) in [6, 6.07) is 0.661. The number of hydrogen-bond donors (Lipinski definition) is 1. The quantitative estimate of drug-likeness (QED) is 0.537. The molecule has 0 bridgehead atoms. The Kier molecular flexibility index (Phi) is 5.04. The van der Waals surface area contributed by atoms with Crippen molar-refractivity contribution in [3.63, 3.8) is 0 Å². The molecule has 1 aliphatic carbocycles. The zero-order chi connectivity index (χ0) is 10.4. The monoisotopic (exact) mass is 193 g/mol. The minimum Gasteiger partial charge on any atom is -0.303 e. The minimum absolute atomic E-state index is 0.661. The number of rotatable bonds is 3. The zero-order valence-electron chi connectivity index (χ0n) is 9.55. The predicted octanol–water partition coefficient (Wildman–Crippen LogP) is 2.81. The SMILES string of the molecule is C#CCNC1CCCCCC1C(C)C. The summed E-state index contributed by atoms with van der Waals surface area (Å²) in [5, 5.41) is 3.51. The molecule has 0 aliphatic heterocycles. The van der Waals surface area contributed by atoms with E-state index in [-0.39, 0.29) is 0 Å². The molecule has 0 heterocycles. The lowest BCUT2D eigenvalue weighted by atomic mass is 9.85. The molecule has 1 rings (SSSR count). The summed E-state index contributed by atoms with van der Waals surface area (Å²) in [4.78, 5) is 0. The van der Waals surface area contributed by atoms with Crippen molar-refractivity contribution < 1.29 is 0 Å². The standard InChI is InChI=1S/C13H23N/c1-4-10-14-13-9-7-5-6-8-12(13)11(2)3/h1,11-14H,5-10H2,2-3H3. The molecule has 0 spiro atoms. The van der Waals surface area contributed by atoms with Gasteiger partial charge in [0.15, 0.2) is 0 Å². The lowest BCUT2D eigenvalue weighted by Gasteiger charge is -2.28. The van der Waals surface area contributed by atoms with Crippen molar-refractivity contribution in [3.8, 4) is 12.3 Å². The molecule has 0 saturated heterocycles. The third-order valence-electron chi connectivity index (χ3n) is 3.39. The molecule has 0 amide bonds. The van der Waals surface area contributed by atoms with E-state index in [1.54, 1.807) is 0 Å². The topological polar surface area (TPSA) is 12.0 Å². The molecule has 0 aromatic heterocycles. The molecule has 80 valence electrons. The molecule has 1 saturated carbocycles. The number of hydrogen-bond acceptors (Lipinski definition) is 1. The van der Waals surface area contributed by atoms with E-state index in [4.69, 9.17) is 6.42 Å². The van der Waals surface area contributed by atoms with Crippen LogP contribution in [-0.4, -0.2) is 12.6 Å². The van der Waals surface area contributed by atoms with Crippen LogP contribution in [0.15, 0.2) is 0 Å². The Hall–Kier alpha value is -0.480. The van der Waals surface area contributed by atoms with Gasteiger partial charge >= 0.3 is 0 Å². The van der Waals surface area contributed by atoms with E-state index in [1.807, 2.05) is 0 Å². The van der Waals surface area contributed by atoms with Crippen molar-refractivity contribution in [3.05, 3.63) is 0 Å². The van der Waals surface area contributed by atoms with Gasteiger partial charge in [0.25, 0.3) is 0 Å². The lowest BCUT2D eigenvalue weighted by Crippen LogP contribution is -2.38. The van der Waals surface area contributed by atoms with E-state index in [0.717, 1.165) is 18.4 Å². The Morgan fingerprint density at radius 2 is 2.00 bits per heavy atom. The summed E-state index contributed by atoms with van der Waals surface area (Å²) in [6.45, 7) is 5.40. The molecule has 1 heteroatoms. The van der Waals surface area contributed by atoms with Gasteiger partial charge < -0.3 is 5.32 Å². The minimum atomic E-state index is 0.661. The van der Waals surface area contributed by atoms with E-state index in [2.05, 4.69) is 25.1 Å². The fourth-order valence-electron chi connectivity index (χ4n) is 2.58. The molecular weight excluding hydrogens is 170 g/mol. The summed E-state index contributed by atoms with van der Waals surface area (Å²) in [6.07, 6.45) is 12.1. The first-order valence-electron chi connectivity index (χ1n) is 5.92. The molecule has 2 unspecified atom stereocenters. The summed E-state index contributed by atoms with van der Waals surface area (Å²) in [7, 11) is 0. The van der Waals surface area contributed by atoms with Crippen molar-refractivity contribution >= 4 is 0 Å². The maximum atomic E-state index is 5.29. The van der Waals surface area contributed by atoms with Crippen LogP contribution in [0.1, 0.15) is 46.0 Å². The van der Waals surface area contributed by atoms with Gasteiger partial charge in [-0.05, 0) is 24.7 Å². The molecule has 0 radical (unpaired) electrons. The second-order valence-corrected chi connectivity index (χ2v) is 4.74. The third kappa shape index (κ3) is 3.35. The second kappa shape index (κ2) is 6.09.